The van der Waals surface area contributed by atoms with Crippen molar-refractivity contribution in [1.82, 2.24) is 0 Å². The molecule has 1 fully saturated rings. The standard InChI is InChI=1S/C14H18O4/c1-13(2)16-8-14(3,18-13)12-6-9-4-5-10(15)7-11(9)17-12/h4-5,7,12,15H,6,8H2,1-3H3/t12-,14-/m1/s1. The molecule has 0 spiro atoms. The predicted molar refractivity (Wildman–Crippen MR) is 65.7 cm³/mol. The average molecular weight is 250 g/mol. The van der Waals surface area contributed by atoms with E-state index in [1.807, 2.05) is 26.8 Å². The lowest BCUT2D eigenvalue weighted by atomic mass is 9.96. The molecule has 2 aliphatic heterocycles. The summed E-state index contributed by atoms with van der Waals surface area (Å²) in [4.78, 5) is 0. The number of hydrogen-bond donors (Lipinski definition) is 1. The second-order valence-corrected chi connectivity index (χ2v) is 5.71. The molecule has 0 bridgehead atoms. The van der Waals surface area contributed by atoms with E-state index in [0.717, 1.165) is 17.7 Å². The molecule has 3 rings (SSSR count). The summed E-state index contributed by atoms with van der Waals surface area (Å²) in [5, 5.41) is 9.46. The minimum atomic E-state index is -0.560. The maximum Gasteiger partial charge on any atom is 0.163 e. The third-order valence-corrected chi connectivity index (χ3v) is 3.59. The Labute approximate surface area is 106 Å². The van der Waals surface area contributed by atoms with Gasteiger partial charge in [-0.25, -0.2) is 0 Å². The number of phenols is 1. The van der Waals surface area contributed by atoms with Gasteiger partial charge in [-0.1, -0.05) is 6.07 Å². The Balaban J connectivity index is 1.82. The molecule has 0 aliphatic carbocycles. The van der Waals surface area contributed by atoms with Gasteiger partial charge in [-0.2, -0.15) is 0 Å². The minimum Gasteiger partial charge on any atom is -0.508 e. The molecule has 98 valence electrons. The van der Waals surface area contributed by atoms with Gasteiger partial charge in [0, 0.05) is 12.5 Å². The zero-order chi connectivity index (χ0) is 13.0. The summed E-state index contributed by atoms with van der Waals surface area (Å²) in [5.74, 6) is 0.410. The van der Waals surface area contributed by atoms with Crippen molar-refractivity contribution in [2.24, 2.45) is 0 Å². The molecule has 0 radical (unpaired) electrons. The topological polar surface area (TPSA) is 47.9 Å². The fourth-order valence-corrected chi connectivity index (χ4v) is 2.65. The van der Waals surface area contributed by atoms with Crippen LogP contribution in [-0.2, 0) is 15.9 Å². The maximum atomic E-state index is 9.46. The fourth-order valence-electron chi connectivity index (χ4n) is 2.65. The van der Waals surface area contributed by atoms with E-state index in [4.69, 9.17) is 14.2 Å². The van der Waals surface area contributed by atoms with Crippen LogP contribution in [0.1, 0.15) is 26.3 Å². The molecule has 4 nitrogen and oxygen atoms in total. The first kappa shape index (κ1) is 11.8. The lowest BCUT2D eigenvalue weighted by molar-refractivity contribution is -0.173. The molecule has 2 heterocycles. The summed E-state index contributed by atoms with van der Waals surface area (Å²) in [6, 6.07) is 5.23. The van der Waals surface area contributed by atoms with Crippen molar-refractivity contribution in [3.05, 3.63) is 23.8 Å². The Morgan fingerprint density at radius 1 is 1.28 bits per heavy atom. The lowest BCUT2D eigenvalue weighted by Crippen LogP contribution is -2.45. The summed E-state index contributed by atoms with van der Waals surface area (Å²) in [5.41, 5.74) is 0.658. The van der Waals surface area contributed by atoms with E-state index in [-0.39, 0.29) is 11.9 Å². The Morgan fingerprint density at radius 2 is 2.06 bits per heavy atom. The van der Waals surface area contributed by atoms with Crippen LogP contribution < -0.4 is 4.74 Å². The van der Waals surface area contributed by atoms with Crippen molar-refractivity contribution in [3.63, 3.8) is 0 Å². The molecular weight excluding hydrogens is 232 g/mol. The number of phenolic OH excluding ortho intramolecular Hbond substituents is 1. The summed E-state index contributed by atoms with van der Waals surface area (Å²) >= 11 is 0. The molecular formula is C14H18O4. The van der Waals surface area contributed by atoms with Gasteiger partial charge in [0.05, 0.1) is 6.61 Å². The van der Waals surface area contributed by atoms with Crippen molar-refractivity contribution in [1.29, 1.82) is 0 Å². The average Bonchev–Trinajstić information content (AvgIpc) is 2.80. The molecule has 1 aromatic rings. The van der Waals surface area contributed by atoms with Gasteiger partial charge in [-0.3, -0.25) is 0 Å². The highest BCUT2D eigenvalue weighted by atomic mass is 16.8. The number of aromatic hydroxyl groups is 1. The van der Waals surface area contributed by atoms with E-state index in [2.05, 4.69) is 0 Å². The Morgan fingerprint density at radius 3 is 2.72 bits per heavy atom. The van der Waals surface area contributed by atoms with E-state index in [1.54, 1.807) is 12.1 Å². The lowest BCUT2D eigenvalue weighted by Gasteiger charge is -2.30. The highest BCUT2D eigenvalue weighted by Gasteiger charge is 2.50. The number of hydrogen-bond acceptors (Lipinski definition) is 4. The third kappa shape index (κ3) is 1.85. The van der Waals surface area contributed by atoms with E-state index >= 15 is 0 Å². The van der Waals surface area contributed by atoms with Gasteiger partial charge in [0.1, 0.15) is 23.2 Å². The van der Waals surface area contributed by atoms with Gasteiger partial charge in [-0.05, 0) is 32.4 Å². The van der Waals surface area contributed by atoms with Gasteiger partial charge in [0.2, 0.25) is 0 Å². The van der Waals surface area contributed by atoms with Gasteiger partial charge in [0.25, 0.3) is 0 Å². The van der Waals surface area contributed by atoms with Crippen molar-refractivity contribution in [2.45, 2.75) is 44.7 Å². The third-order valence-electron chi connectivity index (χ3n) is 3.59. The smallest absolute Gasteiger partial charge is 0.163 e. The monoisotopic (exact) mass is 250 g/mol. The van der Waals surface area contributed by atoms with E-state index < -0.39 is 11.4 Å². The molecule has 0 unspecified atom stereocenters. The Hall–Kier alpha value is -1.26. The molecule has 1 aromatic carbocycles. The van der Waals surface area contributed by atoms with Crippen LogP contribution in [0.5, 0.6) is 11.5 Å². The second-order valence-electron chi connectivity index (χ2n) is 5.71. The summed E-state index contributed by atoms with van der Waals surface area (Å²) in [6.07, 6.45) is 0.710. The summed E-state index contributed by atoms with van der Waals surface area (Å²) in [6.45, 7) is 6.35. The van der Waals surface area contributed by atoms with Crippen molar-refractivity contribution in [2.75, 3.05) is 6.61 Å². The summed E-state index contributed by atoms with van der Waals surface area (Å²) < 4.78 is 17.5. The zero-order valence-corrected chi connectivity index (χ0v) is 10.9. The molecule has 18 heavy (non-hydrogen) atoms. The number of rotatable bonds is 1. The maximum absolute atomic E-state index is 9.46. The van der Waals surface area contributed by atoms with Crippen LogP contribution in [-0.4, -0.2) is 29.2 Å². The highest BCUT2D eigenvalue weighted by Crippen LogP contribution is 2.41. The van der Waals surface area contributed by atoms with Crippen LogP contribution in [0.4, 0.5) is 0 Å². The van der Waals surface area contributed by atoms with Gasteiger partial charge >= 0.3 is 0 Å². The predicted octanol–water partition coefficient (Wildman–Crippen LogP) is 2.24. The van der Waals surface area contributed by atoms with Crippen LogP contribution in [0.2, 0.25) is 0 Å². The zero-order valence-electron chi connectivity index (χ0n) is 10.9. The summed E-state index contributed by atoms with van der Waals surface area (Å²) in [7, 11) is 0. The second kappa shape index (κ2) is 3.62. The molecule has 1 N–H and O–H groups in total. The molecule has 2 atom stereocenters. The fraction of sp³-hybridized carbons (Fsp3) is 0.571. The number of benzene rings is 1. The first-order chi connectivity index (χ1) is 8.38. The van der Waals surface area contributed by atoms with Crippen LogP contribution in [0, 0.1) is 0 Å². The molecule has 2 aliphatic rings. The molecule has 4 heteroatoms. The van der Waals surface area contributed by atoms with E-state index in [0.29, 0.717) is 6.61 Å². The SMILES string of the molecule is CC1(C)OC[C@](C)([C@H]2Cc3ccc(O)cc3O2)O1. The van der Waals surface area contributed by atoms with Crippen LogP contribution in [0.15, 0.2) is 18.2 Å². The van der Waals surface area contributed by atoms with E-state index in [9.17, 15) is 5.11 Å². The van der Waals surface area contributed by atoms with Gasteiger partial charge in [-0.15, -0.1) is 0 Å². The van der Waals surface area contributed by atoms with Crippen molar-refractivity contribution < 1.29 is 19.3 Å². The molecule has 0 amide bonds. The Bertz CT molecular complexity index is 483. The first-order valence-electron chi connectivity index (χ1n) is 6.21. The van der Waals surface area contributed by atoms with Gasteiger partial charge in [0.15, 0.2) is 5.79 Å². The van der Waals surface area contributed by atoms with E-state index in [1.165, 1.54) is 0 Å². The van der Waals surface area contributed by atoms with Crippen LogP contribution in [0.3, 0.4) is 0 Å². The first-order valence-corrected chi connectivity index (χ1v) is 6.21. The molecule has 1 saturated heterocycles. The Kier molecular flexibility index (Phi) is 2.37. The molecule has 0 saturated carbocycles. The highest BCUT2D eigenvalue weighted by molar-refractivity contribution is 5.43. The largest absolute Gasteiger partial charge is 0.508 e. The van der Waals surface area contributed by atoms with Gasteiger partial charge < -0.3 is 19.3 Å². The van der Waals surface area contributed by atoms with Crippen LogP contribution >= 0.6 is 0 Å². The molecule has 0 aromatic heterocycles. The quantitative estimate of drug-likeness (QED) is 0.830. The van der Waals surface area contributed by atoms with Crippen molar-refractivity contribution >= 4 is 0 Å². The van der Waals surface area contributed by atoms with Crippen molar-refractivity contribution in [3.8, 4) is 11.5 Å². The minimum absolute atomic E-state index is 0.0731. The number of ether oxygens (including phenoxy) is 3. The van der Waals surface area contributed by atoms with Crippen LogP contribution in [0.25, 0.3) is 0 Å². The normalized spacial score (nSPS) is 33.2. The number of fused-ring (bicyclic) bond motifs is 1.